The van der Waals surface area contributed by atoms with E-state index < -0.39 is 5.82 Å². The molecule has 2 aromatic rings. The van der Waals surface area contributed by atoms with Crippen molar-refractivity contribution >= 4 is 11.6 Å². The van der Waals surface area contributed by atoms with E-state index in [1.807, 2.05) is 13.1 Å². The van der Waals surface area contributed by atoms with Gasteiger partial charge in [-0.1, -0.05) is 17.7 Å². The summed E-state index contributed by atoms with van der Waals surface area (Å²) in [6, 6.07) is 4.88. The van der Waals surface area contributed by atoms with E-state index in [9.17, 15) is 4.39 Å². The molecule has 3 nitrogen and oxygen atoms in total. The topological polar surface area (TPSA) is 43.8 Å². The fourth-order valence-corrected chi connectivity index (χ4v) is 1.91. The summed E-state index contributed by atoms with van der Waals surface area (Å²) in [6.07, 6.45) is 4.50. The summed E-state index contributed by atoms with van der Waals surface area (Å²) < 4.78 is 15.0. The van der Waals surface area contributed by atoms with E-state index in [1.54, 1.807) is 23.0 Å². The molecule has 0 aliphatic heterocycles. The van der Waals surface area contributed by atoms with Gasteiger partial charge >= 0.3 is 0 Å². The minimum atomic E-state index is -0.405. The van der Waals surface area contributed by atoms with Crippen LogP contribution in [0.4, 0.5) is 4.39 Å². The molecule has 0 saturated carbocycles. The predicted octanol–water partition coefficient (Wildman–Crippen LogP) is 2.61. The largest absolute Gasteiger partial charge is 0.328 e. The summed E-state index contributed by atoms with van der Waals surface area (Å²) in [7, 11) is 0. The van der Waals surface area contributed by atoms with Crippen LogP contribution >= 0.6 is 11.6 Å². The third-order valence-corrected chi connectivity index (χ3v) is 2.88. The maximum atomic E-state index is 13.3. The summed E-state index contributed by atoms with van der Waals surface area (Å²) in [5.74, 6) is -0.405. The van der Waals surface area contributed by atoms with Crippen molar-refractivity contribution in [3.8, 4) is 0 Å². The van der Waals surface area contributed by atoms with Crippen LogP contribution in [-0.4, -0.2) is 15.8 Å². The maximum absolute atomic E-state index is 13.3. The number of hydrogen-bond donors (Lipinski definition) is 1. The molecule has 96 valence electrons. The Bertz CT molecular complexity index is 537. The number of nitrogens with zero attached hydrogens (tertiary/aromatic N) is 2. The average molecular weight is 268 g/mol. The number of rotatable bonds is 4. The van der Waals surface area contributed by atoms with Crippen molar-refractivity contribution in [3.63, 3.8) is 0 Å². The van der Waals surface area contributed by atoms with Crippen molar-refractivity contribution in [2.45, 2.75) is 25.9 Å². The van der Waals surface area contributed by atoms with Gasteiger partial charge in [0.2, 0.25) is 0 Å². The monoisotopic (exact) mass is 267 g/mol. The molecule has 1 atom stereocenters. The summed E-state index contributed by atoms with van der Waals surface area (Å²) in [6.45, 7) is 2.47. The standard InChI is InChI=1S/C13H15ClFN3/c1-9(16)4-11-6-17-18(8-11)7-10-2-3-12(14)13(15)5-10/h2-3,5-6,8-9H,4,7,16H2,1H3. The van der Waals surface area contributed by atoms with Crippen molar-refractivity contribution in [2.75, 3.05) is 0 Å². The Hall–Kier alpha value is -1.39. The lowest BCUT2D eigenvalue weighted by molar-refractivity contribution is 0.619. The van der Waals surface area contributed by atoms with Crippen LogP contribution in [0, 0.1) is 5.82 Å². The molecule has 0 amide bonds. The van der Waals surface area contributed by atoms with E-state index in [2.05, 4.69) is 5.10 Å². The van der Waals surface area contributed by atoms with Gasteiger partial charge in [0.1, 0.15) is 5.82 Å². The van der Waals surface area contributed by atoms with E-state index in [0.717, 1.165) is 17.5 Å². The molecule has 0 saturated heterocycles. The van der Waals surface area contributed by atoms with Crippen LogP contribution in [0.3, 0.4) is 0 Å². The smallest absolute Gasteiger partial charge is 0.142 e. The van der Waals surface area contributed by atoms with Crippen molar-refractivity contribution in [2.24, 2.45) is 5.73 Å². The molecule has 0 radical (unpaired) electrons. The molecule has 18 heavy (non-hydrogen) atoms. The highest BCUT2D eigenvalue weighted by atomic mass is 35.5. The van der Waals surface area contributed by atoms with Crippen molar-refractivity contribution in [1.82, 2.24) is 9.78 Å². The van der Waals surface area contributed by atoms with Crippen LogP contribution in [0.15, 0.2) is 30.6 Å². The van der Waals surface area contributed by atoms with Gasteiger partial charge in [0.05, 0.1) is 17.8 Å². The zero-order valence-corrected chi connectivity index (χ0v) is 10.9. The molecular weight excluding hydrogens is 253 g/mol. The van der Waals surface area contributed by atoms with Crippen LogP contribution in [0.2, 0.25) is 5.02 Å². The zero-order valence-electron chi connectivity index (χ0n) is 10.1. The third kappa shape index (κ3) is 3.31. The van der Waals surface area contributed by atoms with Crippen molar-refractivity contribution in [1.29, 1.82) is 0 Å². The van der Waals surface area contributed by atoms with Gasteiger partial charge in [0.25, 0.3) is 0 Å². The van der Waals surface area contributed by atoms with E-state index >= 15 is 0 Å². The quantitative estimate of drug-likeness (QED) is 0.925. The third-order valence-electron chi connectivity index (χ3n) is 2.57. The van der Waals surface area contributed by atoms with Gasteiger partial charge in [-0.3, -0.25) is 4.68 Å². The SMILES string of the molecule is CC(N)Cc1cnn(Cc2ccc(Cl)c(F)c2)c1. The Morgan fingerprint density at radius 1 is 1.44 bits per heavy atom. The Kier molecular flexibility index (Phi) is 3.99. The summed E-state index contributed by atoms with van der Waals surface area (Å²) in [5.41, 5.74) is 7.63. The lowest BCUT2D eigenvalue weighted by Crippen LogP contribution is -2.17. The molecule has 5 heteroatoms. The molecule has 1 aromatic heterocycles. The lowest BCUT2D eigenvalue weighted by Gasteiger charge is -2.03. The second-order valence-electron chi connectivity index (χ2n) is 4.48. The van der Waals surface area contributed by atoms with E-state index in [4.69, 9.17) is 17.3 Å². The highest BCUT2D eigenvalue weighted by molar-refractivity contribution is 6.30. The Morgan fingerprint density at radius 2 is 2.22 bits per heavy atom. The second-order valence-corrected chi connectivity index (χ2v) is 4.88. The van der Waals surface area contributed by atoms with Gasteiger partial charge in [-0.15, -0.1) is 0 Å². The fraction of sp³-hybridized carbons (Fsp3) is 0.308. The summed E-state index contributed by atoms with van der Waals surface area (Å²) in [5, 5.41) is 4.36. The molecular formula is C13H15ClFN3. The van der Waals surface area contributed by atoms with Crippen molar-refractivity contribution < 1.29 is 4.39 Å². The first-order valence-electron chi connectivity index (χ1n) is 5.75. The lowest BCUT2D eigenvalue weighted by atomic mass is 10.1. The molecule has 0 aliphatic carbocycles. The van der Waals surface area contributed by atoms with Gasteiger partial charge in [0.15, 0.2) is 0 Å². The molecule has 1 aromatic carbocycles. The predicted molar refractivity (Wildman–Crippen MR) is 70.1 cm³/mol. The molecule has 2 N–H and O–H groups in total. The van der Waals surface area contributed by atoms with Gasteiger partial charge in [-0.25, -0.2) is 4.39 Å². The van der Waals surface area contributed by atoms with Crippen LogP contribution in [0.5, 0.6) is 0 Å². The highest BCUT2D eigenvalue weighted by Gasteiger charge is 2.04. The average Bonchev–Trinajstić information content (AvgIpc) is 2.70. The second kappa shape index (κ2) is 5.50. The summed E-state index contributed by atoms with van der Waals surface area (Å²) >= 11 is 5.63. The van der Waals surface area contributed by atoms with Crippen LogP contribution in [0.1, 0.15) is 18.1 Å². The van der Waals surface area contributed by atoms with Crippen molar-refractivity contribution in [3.05, 3.63) is 52.6 Å². The first-order valence-corrected chi connectivity index (χ1v) is 6.13. The maximum Gasteiger partial charge on any atom is 0.142 e. The molecule has 1 unspecified atom stereocenters. The van der Waals surface area contributed by atoms with Crippen LogP contribution < -0.4 is 5.73 Å². The molecule has 0 aliphatic rings. The fourth-order valence-electron chi connectivity index (χ4n) is 1.80. The molecule has 1 heterocycles. The Labute approximate surface area is 110 Å². The van der Waals surface area contributed by atoms with E-state index in [0.29, 0.717) is 6.54 Å². The normalized spacial score (nSPS) is 12.7. The minimum absolute atomic E-state index is 0.107. The Balaban J connectivity index is 2.08. The van der Waals surface area contributed by atoms with Gasteiger partial charge in [0, 0.05) is 12.2 Å². The first-order chi connectivity index (χ1) is 8.54. The summed E-state index contributed by atoms with van der Waals surface area (Å²) in [4.78, 5) is 0. The number of benzene rings is 1. The molecule has 0 fully saturated rings. The number of nitrogens with two attached hydrogens (primary N) is 1. The van der Waals surface area contributed by atoms with E-state index in [1.165, 1.54) is 6.07 Å². The number of aromatic nitrogens is 2. The van der Waals surface area contributed by atoms with Gasteiger partial charge in [-0.2, -0.15) is 5.10 Å². The van der Waals surface area contributed by atoms with Crippen LogP contribution in [0.25, 0.3) is 0 Å². The van der Waals surface area contributed by atoms with Gasteiger partial charge in [-0.05, 0) is 36.6 Å². The Morgan fingerprint density at radius 3 is 2.89 bits per heavy atom. The minimum Gasteiger partial charge on any atom is -0.328 e. The molecule has 2 rings (SSSR count). The van der Waals surface area contributed by atoms with Crippen LogP contribution in [-0.2, 0) is 13.0 Å². The number of hydrogen-bond acceptors (Lipinski definition) is 2. The number of halogens is 2. The molecule has 0 spiro atoms. The highest BCUT2D eigenvalue weighted by Crippen LogP contribution is 2.16. The zero-order chi connectivity index (χ0) is 13.1. The van der Waals surface area contributed by atoms with E-state index in [-0.39, 0.29) is 11.1 Å². The molecule has 0 bridgehead atoms. The van der Waals surface area contributed by atoms with Gasteiger partial charge < -0.3 is 5.73 Å². The first kappa shape index (κ1) is 13.1.